The van der Waals surface area contributed by atoms with Gasteiger partial charge in [-0.15, -0.1) is 0 Å². The Morgan fingerprint density at radius 2 is 1.56 bits per heavy atom. The summed E-state index contributed by atoms with van der Waals surface area (Å²) in [5.74, 6) is -1.52. The Morgan fingerprint density at radius 3 is 2.28 bits per heavy atom. The van der Waals surface area contributed by atoms with Crippen molar-refractivity contribution in [1.29, 1.82) is 0 Å². The van der Waals surface area contributed by atoms with Crippen LogP contribution in [-0.2, 0) is 20.9 Å². The summed E-state index contributed by atoms with van der Waals surface area (Å²) >= 11 is 0. The molecule has 0 aromatic heterocycles. The van der Waals surface area contributed by atoms with Crippen molar-refractivity contribution >= 4 is 23.5 Å². The summed E-state index contributed by atoms with van der Waals surface area (Å²) in [6.07, 6.45) is 0. The van der Waals surface area contributed by atoms with Crippen LogP contribution in [0.5, 0.6) is 0 Å². The number of rotatable bonds is 7. The lowest BCUT2D eigenvalue weighted by molar-refractivity contribution is -0.145. The van der Waals surface area contributed by atoms with Crippen molar-refractivity contribution in [3.8, 4) is 0 Å². The number of ether oxygens (including phenoxy) is 1. The molecule has 0 atom stereocenters. The number of benzene rings is 2. The highest BCUT2D eigenvalue weighted by Crippen LogP contribution is 2.09. The molecule has 2 aromatic carbocycles. The molecule has 2 rings (SSSR count). The van der Waals surface area contributed by atoms with Crippen molar-refractivity contribution in [2.75, 3.05) is 18.8 Å². The lowest BCUT2D eigenvalue weighted by atomic mass is 10.1. The van der Waals surface area contributed by atoms with Crippen molar-refractivity contribution in [2.45, 2.75) is 6.61 Å². The van der Waals surface area contributed by atoms with E-state index in [1.807, 2.05) is 30.3 Å². The van der Waals surface area contributed by atoms with Gasteiger partial charge in [0, 0.05) is 5.69 Å². The average molecular weight is 341 g/mol. The summed E-state index contributed by atoms with van der Waals surface area (Å²) in [4.78, 5) is 35.2. The minimum absolute atomic E-state index is 0.138. The van der Waals surface area contributed by atoms with Crippen molar-refractivity contribution in [1.82, 2.24) is 10.6 Å². The Kier molecular flexibility index (Phi) is 6.53. The molecule has 0 aliphatic carbocycles. The fourth-order valence-electron chi connectivity index (χ4n) is 1.98. The van der Waals surface area contributed by atoms with Gasteiger partial charge in [-0.1, -0.05) is 42.5 Å². The van der Waals surface area contributed by atoms with Crippen LogP contribution in [-0.4, -0.2) is 30.9 Å². The van der Waals surface area contributed by atoms with E-state index in [0.717, 1.165) is 5.56 Å². The van der Waals surface area contributed by atoms with E-state index in [0.29, 0.717) is 5.69 Å². The second kappa shape index (κ2) is 9.07. The van der Waals surface area contributed by atoms with E-state index in [-0.39, 0.29) is 25.3 Å². The van der Waals surface area contributed by atoms with Gasteiger partial charge in [-0.25, -0.2) is 0 Å². The number of amides is 2. The van der Waals surface area contributed by atoms with Gasteiger partial charge in [-0.2, -0.15) is 0 Å². The van der Waals surface area contributed by atoms with Crippen LogP contribution in [0.15, 0.2) is 54.6 Å². The Bertz CT molecular complexity index is 747. The van der Waals surface area contributed by atoms with E-state index >= 15 is 0 Å². The lowest BCUT2D eigenvalue weighted by Gasteiger charge is -2.08. The van der Waals surface area contributed by atoms with Crippen molar-refractivity contribution in [3.63, 3.8) is 0 Å². The van der Waals surface area contributed by atoms with Crippen LogP contribution in [0.25, 0.3) is 0 Å². The smallest absolute Gasteiger partial charge is 0.325 e. The maximum atomic E-state index is 11.9. The number of anilines is 1. The molecule has 2 amide bonds. The normalized spacial score (nSPS) is 9.92. The molecule has 0 radical (unpaired) electrons. The molecule has 0 saturated heterocycles. The van der Waals surface area contributed by atoms with Gasteiger partial charge in [0.2, 0.25) is 5.91 Å². The zero-order valence-electron chi connectivity index (χ0n) is 13.5. The van der Waals surface area contributed by atoms with Gasteiger partial charge in [-0.3, -0.25) is 14.4 Å². The first-order chi connectivity index (χ1) is 12.1. The molecule has 4 N–H and O–H groups in total. The van der Waals surface area contributed by atoms with Crippen LogP contribution < -0.4 is 16.4 Å². The predicted octanol–water partition coefficient (Wildman–Crippen LogP) is 0.858. The number of hydrogen-bond donors (Lipinski definition) is 3. The maximum absolute atomic E-state index is 11.9. The summed E-state index contributed by atoms with van der Waals surface area (Å²) in [5, 5.41) is 4.82. The summed E-state index contributed by atoms with van der Waals surface area (Å²) in [7, 11) is 0. The van der Waals surface area contributed by atoms with E-state index in [9.17, 15) is 14.4 Å². The van der Waals surface area contributed by atoms with Gasteiger partial charge >= 0.3 is 5.97 Å². The van der Waals surface area contributed by atoms with Gasteiger partial charge in [0.05, 0.1) is 12.1 Å². The number of nitrogens with two attached hydrogens (primary N) is 1. The molecule has 0 bridgehead atoms. The standard InChI is InChI=1S/C18H19N3O4/c19-15-9-5-4-8-14(15)18(24)21-10-16(22)20-11-17(23)25-12-13-6-2-1-3-7-13/h1-9H,10-12,19H2,(H,20,22)(H,21,24). The first kappa shape index (κ1) is 18.0. The Morgan fingerprint density at radius 1 is 0.880 bits per heavy atom. The van der Waals surface area contributed by atoms with E-state index in [1.54, 1.807) is 24.3 Å². The molecule has 0 saturated carbocycles. The maximum Gasteiger partial charge on any atom is 0.325 e. The van der Waals surface area contributed by atoms with Gasteiger partial charge in [0.1, 0.15) is 13.2 Å². The van der Waals surface area contributed by atoms with E-state index < -0.39 is 17.8 Å². The molecule has 0 spiro atoms. The number of nitrogen functional groups attached to an aromatic ring is 1. The van der Waals surface area contributed by atoms with Crippen LogP contribution in [0.1, 0.15) is 15.9 Å². The Balaban J connectivity index is 1.67. The number of nitrogens with one attached hydrogen (secondary N) is 2. The minimum atomic E-state index is -0.559. The van der Waals surface area contributed by atoms with Crippen molar-refractivity contribution < 1.29 is 19.1 Å². The van der Waals surface area contributed by atoms with Crippen LogP contribution >= 0.6 is 0 Å². The summed E-state index contributed by atoms with van der Waals surface area (Å²) < 4.78 is 5.03. The molecule has 2 aromatic rings. The molecular formula is C18H19N3O4. The molecule has 0 heterocycles. The zero-order chi connectivity index (χ0) is 18.1. The average Bonchev–Trinajstić information content (AvgIpc) is 2.64. The molecule has 7 nitrogen and oxygen atoms in total. The number of carbonyl (C=O) groups is 3. The highest BCUT2D eigenvalue weighted by Gasteiger charge is 2.11. The second-order valence-electron chi connectivity index (χ2n) is 5.19. The topological polar surface area (TPSA) is 111 Å². The quantitative estimate of drug-likeness (QED) is 0.511. The molecule has 0 unspecified atom stereocenters. The van der Waals surface area contributed by atoms with Crippen LogP contribution in [0, 0.1) is 0 Å². The monoisotopic (exact) mass is 341 g/mol. The Hall–Kier alpha value is -3.35. The molecule has 7 heteroatoms. The van der Waals surface area contributed by atoms with Crippen molar-refractivity contribution in [3.05, 3.63) is 65.7 Å². The van der Waals surface area contributed by atoms with Gasteiger partial charge in [0.15, 0.2) is 0 Å². The fourth-order valence-corrected chi connectivity index (χ4v) is 1.98. The lowest BCUT2D eigenvalue weighted by Crippen LogP contribution is -2.39. The van der Waals surface area contributed by atoms with Gasteiger partial charge < -0.3 is 21.1 Å². The van der Waals surface area contributed by atoms with Gasteiger partial charge in [0.25, 0.3) is 5.91 Å². The highest BCUT2D eigenvalue weighted by atomic mass is 16.5. The third-order valence-corrected chi connectivity index (χ3v) is 3.29. The number of esters is 1. The first-order valence-electron chi connectivity index (χ1n) is 7.65. The largest absolute Gasteiger partial charge is 0.460 e. The fraction of sp³-hybridized carbons (Fsp3) is 0.167. The molecule has 0 aliphatic heterocycles. The minimum Gasteiger partial charge on any atom is -0.460 e. The van der Waals surface area contributed by atoms with Crippen LogP contribution in [0.3, 0.4) is 0 Å². The second-order valence-corrected chi connectivity index (χ2v) is 5.19. The number of para-hydroxylation sites is 1. The van der Waals surface area contributed by atoms with E-state index in [1.165, 1.54) is 0 Å². The third-order valence-electron chi connectivity index (χ3n) is 3.29. The number of hydrogen-bond acceptors (Lipinski definition) is 5. The Labute approximate surface area is 145 Å². The van der Waals surface area contributed by atoms with Crippen LogP contribution in [0.2, 0.25) is 0 Å². The predicted molar refractivity (Wildman–Crippen MR) is 92.4 cm³/mol. The third kappa shape index (κ3) is 5.98. The molecule has 0 aliphatic rings. The SMILES string of the molecule is Nc1ccccc1C(=O)NCC(=O)NCC(=O)OCc1ccccc1. The molecule has 0 fully saturated rings. The highest BCUT2D eigenvalue weighted by molar-refractivity contribution is 6.00. The van der Waals surface area contributed by atoms with E-state index in [2.05, 4.69) is 10.6 Å². The van der Waals surface area contributed by atoms with E-state index in [4.69, 9.17) is 10.5 Å². The van der Waals surface area contributed by atoms with Crippen molar-refractivity contribution in [2.24, 2.45) is 0 Å². The summed E-state index contributed by atoms with van der Waals surface area (Å²) in [6.45, 7) is -0.395. The first-order valence-corrected chi connectivity index (χ1v) is 7.65. The molecule has 25 heavy (non-hydrogen) atoms. The van der Waals surface area contributed by atoms with Crippen LogP contribution in [0.4, 0.5) is 5.69 Å². The van der Waals surface area contributed by atoms with Gasteiger partial charge in [-0.05, 0) is 17.7 Å². The zero-order valence-corrected chi connectivity index (χ0v) is 13.5. The number of carbonyl (C=O) groups excluding carboxylic acids is 3. The molecule has 130 valence electrons. The summed E-state index contributed by atoms with van der Waals surface area (Å²) in [5.41, 5.74) is 7.15. The molecular weight excluding hydrogens is 322 g/mol. The summed E-state index contributed by atoms with van der Waals surface area (Å²) in [6, 6.07) is 15.7.